The number of para-hydroxylation sites is 1. The highest BCUT2D eigenvalue weighted by Crippen LogP contribution is 2.15. The van der Waals surface area contributed by atoms with Crippen molar-refractivity contribution in [2.45, 2.75) is 13.0 Å². The third-order valence-corrected chi connectivity index (χ3v) is 4.11. The average molecular weight is 397 g/mol. The van der Waals surface area contributed by atoms with E-state index in [1.54, 1.807) is 36.2 Å². The van der Waals surface area contributed by atoms with Gasteiger partial charge in [0.05, 0.1) is 11.3 Å². The molecule has 0 fully saturated rings. The van der Waals surface area contributed by atoms with E-state index in [2.05, 4.69) is 16.0 Å². The summed E-state index contributed by atoms with van der Waals surface area (Å²) in [6.07, 6.45) is 0.0870. The Hall–Kier alpha value is -3.39. The highest BCUT2D eigenvalue weighted by molar-refractivity contribution is 6.03. The molecule has 0 radical (unpaired) electrons. The minimum Gasteiger partial charge on any atom is -0.351 e. The zero-order chi connectivity index (χ0) is 21.1. The molecule has 29 heavy (non-hydrogen) atoms. The van der Waals surface area contributed by atoms with Gasteiger partial charge in [0.25, 0.3) is 5.91 Å². The van der Waals surface area contributed by atoms with Crippen molar-refractivity contribution in [1.29, 1.82) is 0 Å². The van der Waals surface area contributed by atoms with E-state index < -0.39 is 0 Å². The lowest BCUT2D eigenvalue weighted by molar-refractivity contribution is -0.116. The van der Waals surface area contributed by atoms with E-state index in [0.29, 0.717) is 30.9 Å². The van der Waals surface area contributed by atoms with E-state index in [1.165, 1.54) is 0 Å². The summed E-state index contributed by atoms with van der Waals surface area (Å²) in [6.45, 7) is 1.35. The van der Waals surface area contributed by atoms with Crippen molar-refractivity contribution in [2.24, 2.45) is 5.73 Å². The molecule has 0 aliphatic carbocycles. The van der Waals surface area contributed by atoms with E-state index in [4.69, 9.17) is 5.73 Å². The van der Waals surface area contributed by atoms with Crippen LogP contribution in [-0.4, -0.2) is 49.4 Å². The maximum Gasteiger partial charge on any atom is 0.317 e. The summed E-state index contributed by atoms with van der Waals surface area (Å²) in [7, 11) is 1.69. The number of nitrogens with one attached hydrogen (secondary N) is 3. The van der Waals surface area contributed by atoms with Gasteiger partial charge in [-0.05, 0) is 17.7 Å². The number of hydrogen-bond acceptors (Lipinski definition) is 4. The van der Waals surface area contributed by atoms with E-state index >= 15 is 0 Å². The first kappa shape index (κ1) is 21.9. The van der Waals surface area contributed by atoms with Gasteiger partial charge >= 0.3 is 6.03 Å². The topological polar surface area (TPSA) is 117 Å². The number of urea groups is 1. The SMILES string of the molecule is CN(Cc1ccccc1)C(=O)NCCC(=O)Nc1ccccc1C(=O)NCCN. The lowest BCUT2D eigenvalue weighted by Crippen LogP contribution is -2.38. The highest BCUT2D eigenvalue weighted by Gasteiger charge is 2.13. The van der Waals surface area contributed by atoms with E-state index in [9.17, 15) is 14.4 Å². The molecular weight excluding hydrogens is 370 g/mol. The van der Waals surface area contributed by atoms with E-state index in [1.807, 2.05) is 30.3 Å². The molecule has 0 saturated heterocycles. The molecule has 0 aromatic heterocycles. The number of benzene rings is 2. The van der Waals surface area contributed by atoms with Gasteiger partial charge in [0, 0.05) is 39.6 Å². The Morgan fingerprint density at radius 3 is 2.34 bits per heavy atom. The van der Waals surface area contributed by atoms with Crippen molar-refractivity contribution < 1.29 is 14.4 Å². The Morgan fingerprint density at radius 2 is 1.62 bits per heavy atom. The lowest BCUT2D eigenvalue weighted by Gasteiger charge is -2.18. The number of rotatable bonds is 9. The fraction of sp³-hybridized carbons (Fsp3) is 0.286. The summed E-state index contributed by atoms with van der Waals surface area (Å²) in [6, 6.07) is 16.1. The van der Waals surface area contributed by atoms with Crippen LogP contribution in [0.4, 0.5) is 10.5 Å². The average Bonchev–Trinajstić information content (AvgIpc) is 2.73. The van der Waals surface area contributed by atoms with Crippen molar-refractivity contribution in [3.8, 4) is 0 Å². The van der Waals surface area contributed by atoms with Crippen molar-refractivity contribution in [3.05, 3.63) is 65.7 Å². The van der Waals surface area contributed by atoms with Crippen LogP contribution in [0, 0.1) is 0 Å². The van der Waals surface area contributed by atoms with Gasteiger partial charge in [-0.2, -0.15) is 0 Å². The van der Waals surface area contributed by atoms with Crippen LogP contribution < -0.4 is 21.7 Å². The van der Waals surface area contributed by atoms with Gasteiger partial charge in [-0.1, -0.05) is 42.5 Å². The number of hydrogen-bond donors (Lipinski definition) is 4. The second-order valence-electron chi connectivity index (χ2n) is 6.46. The molecule has 0 atom stereocenters. The summed E-state index contributed by atoms with van der Waals surface area (Å²) in [5.41, 5.74) is 7.19. The molecule has 0 aliphatic heterocycles. The summed E-state index contributed by atoms with van der Waals surface area (Å²) in [4.78, 5) is 38.1. The van der Waals surface area contributed by atoms with E-state index in [0.717, 1.165) is 5.56 Å². The number of nitrogens with two attached hydrogens (primary N) is 1. The van der Waals surface area contributed by atoms with Crippen LogP contribution in [0.2, 0.25) is 0 Å². The fourth-order valence-electron chi connectivity index (χ4n) is 2.63. The number of carbonyl (C=O) groups is 3. The molecule has 4 amide bonds. The normalized spacial score (nSPS) is 10.1. The van der Waals surface area contributed by atoms with Crippen LogP contribution in [0.3, 0.4) is 0 Å². The highest BCUT2D eigenvalue weighted by atomic mass is 16.2. The molecule has 0 heterocycles. The van der Waals surface area contributed by atoms with Gasteiger partial charge in [-0.3, -0.25) is 9.59 Å². The standard InChI is InChI=1S/C21H27N5O3/c1-26(15-16-7-3-2-4-8-16)21(29)24-13-11-19(27)25-18-10-6-5-9-17(18)20(28)23-14-12-22/h2-10H,11-15,22H2,1H3,(H,23,28)(H,24,29)(H,25,27). The predicted molar refractivity (Wildman–Crippen MR) is 112 cm³/mol. The summed E-state index contributed by atoms with van der Waals surface area (Å²) in [5.74, 6) is -0.600. The Kier molecular flexibility index (Phi) is 8.65. The molecule has 2 aromatic carbocycles. The second kappa shape index (κ2) is 11.5. The van der Waals surface area contributed by atoms with Crippen LogP contribution in [0.1, 0.15) is 22.3 Å². The van der Waals surface area contributed by atoms with Crippen LogP contribution in [-0.2, 0) is 11.3 Å². The monoisotopic (exact) mass is 397 g/mol. The minimum atomic E-state index is -0.304. The van der Waals surface area contributed by atoms with Crippen molar-refractivity contribution in [2.75, 3.05) is 32.0 Å². The number of carbonyl (C=O) groups excluding carboxylic acids is 3. The van der Waals surface area contributed by atoms with Crippen molar-refractivity contribution >= 4 is 23.5 Å². The largest absolute Gasteiger partial charge is 0.351 e. The summed E-state index contributed by atoms with van der Waals surface area (Å²) >= 11 is 0. The van der Waals surface area contributed by atoms with Crippen molar-refractivity contribution in [3.63, 3.8) is 0 Å². The molecule has 2 aromatic rings. The predicted octanol–water partition coefficient (Wildman–Crippen LogP) is 1.55. The number of amides is 4. The third kappa shape index (κ3) is 7.27. The minimum absolute atomic E-state index is 0.0870. The Bertz CT molecular complexity index is 826. The molecule has 8 heteroatoms. The molecule has 0 spiro atoms. The molecule has 0 unspecified atom stereocenters. The smallest absolute Gasteiger partial charge is 0.317 e. The number of nitrogens with zero attached hydrogens (tertiary/aromatic N) is 1. The van der Waals surface area contributed by atoms with Gasteiger partial charge in [-0.25, -0.2) is 4.79 Å². The van der Waals surface area contributed by atoms with Crippen LogP contribution in [0.5, 0.6) is 0 Å². The van der Waals surface area contributed by atoms with Gasteiger partial charge in [0.1, 0.15) is 0 Å². The van der Waals surface area contributed by atoms with E-state index in [-0.39, 0.29) is 30.8 Å². The summed E-state index contributed by atoms with van der Waals surface area (Å²) < 4.78 is 0. The lowest BCUT2D eigenvalue weighted by atomic mass is 10.1. The van der Waals surface area contributed by atoms with Crippen LogP contribution in [0.15, 0.2) is 54.6 Å². The Morgan fingerprint density at radius 1 is 0.931 bits per heavy atom. The van der Waals surface area contributed by atoms with Gasteiger partial charge in [0.15, 0.2) is 0 Å². The van der Waals surface area contributed by atoms with Crippen LogP contribution >= 0.6 is 0 Å². The molecule has 154 valence electrons. The molecule has 0 aliphatic rings. The summed E-state index contributed by atoms with van der Waals surface area (Å²) in [5, 5.41) is 8.11. The zero-order valence-corrected chi connectivity index (χ0v) is 16.5. The van der Waals surface area contributed by atoms with Gasteiger partial charge in [0.2, 0.25) is 5.91 Å². The molecule has 0 saturated carbocycles. The first-order chi connectivity index (χ1) is 14.0. The van der Waals surface area contributed by atoms with Crippen molar-refractivity contribution in [1.82, 2.24) is 15.5 Å². The molecule has 8 nitrogen and oxygen atoms in total. The van der Waals surface area contributed by atoms with Gasteiger partial charge in [-0.15, -0.1) is 0 Å². The molecular formula is C21H27N5O3. The zero-order valence-electron chi connectivity index (χ0n) is 16.5. The molecule has 0 bridgehead atoms. The fourth-order valence-corrected chi connectivity index (χ4v) is 2.63. The molecule has 5 N–H and O–H groups in total. The molecule has 2 rings (SSSR count). The second-order valence-corrected chi connectivity index (χ2v) is 6.46. The quantitative estimate of drug-likeness (QED) is 0.514. The first-order valence-corrected chi connectivity index (χ1v) is 9.41. The third-order valence-electron chi connectivity index (χ3n) is 4.11. The Labute approximate surface area is 170 Å². The maximum atomic E-state index is 12.2. The first-order valence-electron chi connectivity index (χ1n) is 9.41. The van der Waals surface area contributed by atoms with Gasteiger partial charge < -0.3 is 26.6 Å². The maximum absolute atomic E-state index is 12.2. The number of anilines is 1. The van der Waals surface area contributed by atoms with Crippen LogP contribution in [0.25, 0.3) is 0 Å². The Balaban J connectivity index is 1.80.